The lowest BCUT2D eigenvalue weighted by molar-refractivity contribution is -0.384. The zero-order chi connectivity index (χ0) is 24.5. The Bertz CT molecular complexity index is 1600. The molecule has 13 heteroatoms. The number of aryl methyl sites for hydroxylation is 1. The van der Waals surface area contributed by atoms with E-state index in [4.69, 9.17) is 16.6 Å². The molecule has 0 aliphatic carbocycles. The maximum Gasteiger partial charge on any atom is 0.293 e. The summed E-state index contributed by atoms with van der Waals surface area (Å²) in [6.07, 6.45) is 0. The minimum absolute atomic E-state index is 0.0419. The molecule has 174 valence electrons. The van der Waals surface area contributed by atoms with Gasteiger partial charge in [0.2, 0.25) is 4.96 Å². The number of anilines is 1. The first kappa shape index (κ1) is 22.3. The van der Waals surface area contributed by atoms with Crippen molar-refractivity contribution in [1.82, 2.24) is 25.1 Å². The van der Waals surface area contributed by atoms with Gasteiger partial charge in [0.05, 0.1) is 16.2 Å². The number of nitro groups is 1. The minimum Gasteiger partial charge on any atom is -0.451 e. The van der Waals surface area contributed by atoms with E-state index in [0.29, 0.717) is 21.5 Å². The van der Waals surface area contributed by atoms with Gasteiger partial charge in [0.25, 0.3) is 11.6 Å². The van der Waals surface area contributed by atoms with Crippen LogP contribution in [0.15, 0.2) is 65.1 Å². The van der Waals surface area contributed by atoms with Crippen LogP contribution in [0.1, 0.15) is 16.4 Å². The summed E-state index contributed by atoms with van der Waals surface area (Å²) in [6, 6.07) is 16.4. The van der Waals surface area contributed by atoms with Crippen molar-refractivity contribution in [1.29, 1.82) is 0 Å². The average molecular weight is 506 g/mol. The van der Waals surface area contributed by atoms with E-state index in [-0.39, 0.29) is 27.9 Å². The second-order valence-electron chi connectivity index (χ2n) is 7.24. The molecule has 11 nitrogen and oxygen atoms in total. The van der Waals surface area contributed by atoms with Gasteiger partial charge in [-0.15, -0.1) is 10.2 Å². The first-order chi connectivity index (χ1) is 16.9. The van der Waals surface area contributed by atoms with Crippen LogP contribution in [0.2, 0.25) is 0 Å². The fourth-order valence-corrected chi connectivity index (χ4v) is 4.49. The van der Waals surface area contributed by atoms with E-state index in [9.17, 15) is 14.9 Å². The molecular weight excluding hydrogens is 490 g/mol. The summed E-state index contributed by atoms with van der Waals surface area (Å²) < 4.78 is 7.23. The molecule has 0 radical (unpaired) electrons. The van der Waals surface area contributed by atoms with Crippen LogP contribution in [0.3, 0.4) is 0 Å². The van der Waals surface area contributed by atoms with Crippen LogP contribution in [-0.4, -0.2) is 35.8 Å². The van der Waals surface area contributed by atoms with E-state index >= 15 is 0 Å². The second kappa shape index (κ2) is 9.04. The third kappa shape index (κ3) is 4.37. The molecule has 2 N–H and O–H groups in total. The maximum atomic E-state index is 12.7. The lowest BCUT2D eigenvalue weighted by Gasteiger charge is -2.11. The molecule has 0 atom stereocenters. The maximum absolute atomic E-state index is 12.7. The predicted octanol–water partition coefficient (Wildman–Crippen LogP) is 4.46. The summed E-state index contributed by atoms with van der Waals surface area (Å²) >= 11 is 6.70. The summed E-state index contributed by atoms with van der Waals surface area (Å²) in [5.74, 6) is 0.235. The fraction of sp³-hybridized carbons (Fsp3) is 0.0455. The van der Waals surface area contributed by atoms with Crippen molar-refractivity contribution in [2.75, 3.05) is 5.32 Å². The van der Waals surface area contributed by atoms with Crippen LogP contribution in [0.25, 0.3) is 26.9 Å². The number of nitrogens with zero attached hydrogens (tertiary/aromatic N) is 5. The minimum atomic E-state index is -0.598. The van der Waals surface area contributed by atoms with E-state index in [1.165, 1.54) is 29.5 Å². The quantitative estimate of drug-likeness (QED) is 0.201. The Hall–Kier alpha value is -4.49. The van der Waals surface area contributed by atoms with Gasteiger partial charge in [0.1, 0.15) is 10.8 Å². The molecule has 0 fully saturated rings. The molecule has 3 aromatic heterocycles. The van der Waals surface area contributed by atoms with E-state index in [1.54, 1.807) is 22.7 Å². The monoisotopic (exact) mass is 505 g/mol. The molecule has 0 aliphatic rings. The van der Waals surface area contributed by atoms with E-state index in [0.717, 1.165) is 5.56 Å². The van der Waals surface area contributed by atoms with Gasteiger partial charge in [0.15, 0.2) is 16.7 Å². The van der Waals surface area contributed by atoms with Crippen LogP contribution in [0.5, 0.6) is 0 Å². The number of thiocarbonyl (C=S) groups is 1. The molecule has 1 amide bonds. The Balaban J connectivity index is 1.32. The molecule has 5 aromatic rings. The van der Waals surface area contributed by atoms with Crippen molar-refractivity contribution in [2.24, 2.45) is 0 Å². The van der Waals surface area contributed by atoms with Gasteiger partial charge in [-0.25, -0.2) is 0 Å². The van der Waals surface area contributed by atoms with Crippen molar-refractivity contribution in [2.45, 2.75) is 6.92 Å². The summed E-state index contributed by atoms with van der Waals surface area (Å²) in [5.41, 5.74) is 1.56. The van der Waals surface area contributed by atoms with Gasteiger partial charge in [-0.1, -0.05) is 35.6 Å². The molecule has 0 bridgehead atoms. The summed E-state index contributed by atoms with van der Waals surface area (Å²) in [7, 11) is 0. The SMILES string of the molecule is Cc1nnc2sc(-c3ccccc3NC(=S)NC(=O)c3ccc(-c4ccccc4[N+](=O)[O-])o3)nn12. The van der Waals surface area contributed by atoms with Crippen LogP contribution in [-0.2, 0) is 0 Å². The van der Waals surface area contributed by atoms with Gasteiger partial charge in [-0.05, 0) is 49.5 Å². The van der Waals surface area contributed by atoms with Gasteiger partial charge in [0, 0.05) is 11.6 Å². The number of fused-ring (bicyclic) bond motifs is 1. The first-order valence-electron chi connectivity index (χ1n) is 10.1. The normalized spacial score (nSPS) is 10.9. The zero-order valence-electron chi connectivity index (χ0n) is 18.0. The molecule has 35 heavy (non-hydrogen) atoms. The third-order valence-corrected chi connectivity index (χ3v) is 6.11. The fourth-order valence-electron chi connectivity index (χ4n) is 3.37. The Kier molecular flexibility index (Phi) is 5.76. The first-order valence-corrected chi connectivity index (χ1v) is 11.4. The molecule has 0 unspecified atom stereocenters. The smallest absolute Gasteiger partial charge is 0.293 e. The molecule has 0 saturated carbocycles. The molecular formula is C22H15N7O4S2. The number of nitrogens with one attached hydrogen (secondary N) is 2. The Labute approximate surface area is 206 Å². The highest BCUT2D eigenvalue weighted by molar-refractivity contribution is 7.80. The zero-order valence-corrected chi connectivity index (χ0v) is 19.6. The molecule has 2 aromatic carbocycles. The Morgan fingerprint density at radius 1 is 1.09 bits per heavy atom. The third-order valence-electron chi connectivity index (χ3n) is 4.98. The number of aromatic nitrogens is 4. The van der Waals surface area contributed by atoms with Crippen molar-refractivity contribution in [3.05, 3.63) is 82.4 Å². The Morgan fingerprint density at radius 2 is 1.83 bits per heavy atom. The number of amides is 1. The number of rotatable bonds is 5. The molecule has 0 saturated heterocycles. The van der Waals surface area contributed by atoms with E-state index < -0.39 is 10.8 Å². The number of para-hydroxylation sites is 2. The van der Waals surface area contributed by atoms with Gasteiger partial charge in [-0.2, -0.15) is 9.61 Å². The number of hydrogen-bond acceptors (Lipinski definition) is 9. The summed E-state index contributed by atoms with van der Waals surface area (Å²) in [5, 5.41) is 30.2. The number of carbonyl (C=O) groups excluding carboxylic acids is 1. The summed E-state index contributed by atoms with van der Waals surface area (Å²) in [6.45, 7) is 1.81. The second-order valence-corrected chi connectivity index (χ2v) is 8.61. The van der Waals surface area contributed by atoms with Gasteiger partial charge < -0.3 is 9.73 Å². The highest BCUT2D eigenvalue weighted by atomic mass is 32.1. The standard InChI is InChI=1S/C22H15N7O4S2/c1-12-25-26-22-28(12)27-20(35-22)13-6-2-4-8-15(13)23-21(34)24-19(30)18-11-10-17(33-18)14-7-3-5-9-16(14)29(31)32/h2-11H,1H3,(H2,23,24,30,34). The molecule has 3 heterocycles. The average Bonchev–Trinajstić information content (AvgIpc) is 3.57. The van der Waals surface area contributed by atoms with E-state index in [2.05, 4.69) is 25.9 Å². The number of carbonyl (C=O) groups is 1. The van der Waals surface area contributed by atoms with Crippen LogP contribution in [0, 0.1) is 17.0 Å². The highest BCUT2D eigenvalue weighted by Gasteiger charge is 2.20. The van der Waals surface area contributed by atoms with Crippen LogP contribution < -0.4 is 10.6 Å². The number of furan rings is 1. The summed E-state index contributed by atoms with van der Waals surface area (Å²) in [4.78, 5) is 24.1. The predicted molar refractivity (Wildman–Crippen MR) is 133 cm³/mol. The molecule has 0 spiro atoms. The lowest BCUT2D eigenvalue weighted by atomic mass is 10.1. The van der Waals surface area contributed by atoms with Gasteiger partial charge in [-0.3, -0.25) is 20.2 Å². The van der Waals surface area contributed by atoms with Crippen LogP contribution in [0.4, 0.5) is 11.4 Å². The molecule has 5 rings (SSSR count). The van der Waals surface area contributed by atoms with Crippen molar-refractivity contribution in [3.8, 4) is 21.9 Å². The van der Waals surface area contributed by atoms with Crippen molar-refractivity contribution < 1.29 is 14.1 Å². The van der Waals surface area contributed by atoms with Gasteiger partial charge >= 0.3 is 0 Å². The van der Waals surface area contributed by atoms with Crippen LogP contribution >= 0.6 is 23.6 Å². The van der Waals surface area contributed by atoms with Crippen molar-refractivity contribution >= 4 is 50.9 Å². The lowest BCUT2D eigenvalue weighted by Crippen LogP contribution is -2.34. The van der Waals surface area contributed by atoms with E-state index in [1.807, 2.05) is 31.2 Å². The molecule has 0 aliphatic heterocycles. The number of nitro benzene ring substituents is 1. The Morgan fingerprint density at radius 3 is 2.60 bits per heavy atom. The number of hydrogen-bond donors (Lipinski definition) is 2. The number of benzene rings is 2. The topological polar surface area (TPSA) is 140 Å². The van der Waals surface area contributed by atoms with Crippen molar-refractivity contribution in [3.63, 3.8) is 0 Å². The largest absolute Gasteiger partial charge is 0.451 e. The highest BCUT2D eigenvalue weighted by Crippen LogP contribution is 2.32.